The van der Waals surface area contributed by atoms with Crippen molar-refractivity contribution in [2.75, 3.05) is 12.4 Å². The molecule has 1 N–H and O–H groups in total. The van der Waals surface area contributed by atoms with Gasteiger partial charge in [0.15, 0.2) is 0 Å². The van der Waals surface area contributed by atoms with Crippen LogP contribution in [0.4, 0.5) is 5.69 Å². The number of ether oxygens (including phenoxy) is 1. The van der Waals surface area contributed by atoms with Crippen LogP contribution in [0, 0.1) is 0 Å². The second-order valence-electron chi connectivity index (χ2n) is 3.40. The molecule has 94 valence electrons. The number of hydrogen-bond acceptors (Lipinski definition) is 5. The quantitative estimate of drug-likeness (QED) is 0.937. The number of benzene rings is 1. The molecule has 1 aromatic carbocycles. The maximum Gasteiger partial charge on any atom is 0.286 e. The molecule has 2 rings (SSSR count). The summed E-state index contributed by atoms with van der Waals surface area (Å²) in [6.07, 6.45) is 0. The fraction of sp³-hybridized carbons (Fsp3) is 0.182. The van der Waals surface area contributed by atoms with Crippen molar-refractivity contribution in [1.82, 2.24) is 10.2 Å². The van der Waals surface area contributed by atoms with E-state index in [0.717, 1.165) is 16.9 Å². The third kappa shape index (κ3) is 3.04. The highest BCUT2D eigenvalue weighted by molar-refractivity contribution is 7.17. The first-order valence-corrected chi connectivity index (χ1v) is 6.27. The monoisotopic (exact) mass is 283 g/mol. The van der Waals surface area contributed by atoms with Gasteiger partial charge in [-0.15, -0.1) is 10.2 Å². The molecule has 0 atom stereocenters. The average molecular weight is 284 g/mol. The smallest absolute Gasteiger partial charge is 0.286 e. The van der Waals surface area contributed by atoms with Crippen LogP contribution in [0.15, 0.2) is 24.3 Å². The van der Waals surface area contributed by atoms with E-state index in [-0.39, 0.29) is 15.4 Å². The lowest BCUT2D eigenvalue weighted by Crippen LogP contribution is -2.13. The second-order valence-corrected chi connectivity index (χ2v) is 4.96. The SMILES string of the molecule is COCc1ccccc1NC(=O)c1nnc(Cl)s1. The lowest BCUT2D eigenvalue weighted by molar-refractivity contribution is 0.102. The van der Waals surface area contributed by atoms with E-state index in [2.05, 4.69) is 15.5 Å². The van der Waals surface area contributed by atoms with E-state index in [9.17, 15) is 4.79 Å². The van der Waals surface area contributed by atoms with Crippen LogP contribution in [0.5, 0.6) is 0 Å². The van der Waals surface area contributed by atoms with Crippen LogP contribution in [-0.4, -0.2) is 23.2 Å². The molecule has 0 unspecified atom stereocenters. The van der Waals surface area contributed by atoms with E-state index in [0.29, 0.717) is 12.3 Å². The van der Waals surface area contributed by atoms with Crippen LogP contribution in [-0.2, 0) is 11.3 Å². The molecule has 0 aliphatic heterocycles. The van der Waals surface area contributed by atoms with Gasteiger partial charge in [-0.25, -0.2) is 0 Å². The van der Waals surface area contributed by atoms with Crippen LogP contribution in [0.25, 0.3) is 0 Å². The van der Waals surface area contributed by atoms with Crippen molar-refractivity contribution in [2.24, 2.45) is 0 Å². The zero-order valence-corrected chi connectivity index (χ0v) is 11.1. The Bertz CT molecular complexity index is 559. The van der Waals surface area contributed by atoms with Crippen molar-refractivity contribution in [3.63, 3.8) is 0 Å². The molecule has 0 saturated heterocycles. The van der Waals surface area contributed by atoms with Gasteiger partial charge in [-0.3, -0.25) is 4.79 Å². The van der Waals surface area contributed by atoms with Crippen molar-refractivity contribution >= 4 is 34.5 Å². The van der Waals surface area contributed by atoms with Crippen molar-refractivity contribution in [3.05, 3.63) is 39.3 Å². The van der Waals surface area contributed by atoms with Gasteiger partial charge in [-0.1, -0.05) is 29.5 Å². The lowest BCUT2D eigenvalue weighted by atomic mass is 10.2. The number of amides is 1. The summed E-state index contributed by atoms with van der Waals surface area (Å²) in [5.41, 5.74) is 1.58. The average Bonchev–Trinajstić information content (AvgIpc) is 2.79. The van der Waals surface area contributed by atoms with Gasteiger partial charge in [0.05, 0.1) is 6.61 Å². The number of aromatic nitrogens is 2. The number of methoxy groups -OCH3 is 1. The maximum absolute atomic E-state index is 11.9. The molecule has 5 nitrogen and oxygen atoms in total. The largest absolute Gasteiger partial charge is 0.380 e. The van der Waals surface area contributed by atoms with Crippen molar-refractivity contribution < 1.29 is 9.53 Å². The molecule has 1 heterocycles. The fourth-order valence-corrected chi connectivity index (χ4v) is 2.12. The van der Waals surface area contributed by atoms with Crippen molar-refractivity contribution in [2.45, 2.75) is 6.61 Å². The van der Waals surface area contributed by atoms with E-state index in [1.807, 2.05) is 18.2 Å². The highest BCUT2D eigenvalue weighted by Crippen LogP contribution is 2.19. The first-order valence-electron chi connectivity index (χ1n) is 5.08. The summed E-state index contributed by atoms with van der Waals surface area (Å²) in [6.45, 7) is 0.424. The number of nitrogens with zero attached hydrogens (tertiary/aromatic N) is 2. The number of halogens is 1. The van der Waals surface area contributed by atoms with Crippen LogP contribution in [0.3, 0.4) is 0 Å². The molecule has 2 aromatic rings. The Balaban J connectivity index is 2.16. The number of anilines is 1. The highest BCUT2D eigenvalue weighted by atomic mass is 35.5. The summed E-state index contributed by atoms with van der Waals surface area (Å²) in [5.74, 6) is -0.331. The van der Waals surface area contributed by atoms with E-state index >= 15 is 0 Å². The summed E-state index contributed by atoms with van der Waals surface area (Å²) >= 11 is 6.67. The molecular formula is C11H10ClN3O2S. The van der Waals surface area contributed by atoms with Gasteiger partial charge in [0.1, 0.15) is 0 Å². The first-order chi connectivity index (χ1) is 8.70. The predicted molar refractivity (Wildman–Crippen MR) is 70.0 cm³/mol. The van der Waals surface area contributed by atoms with E-state index in [1.165, 1.54) is 0 Å². The molecule has 0 aliphatic rings. The standard InChI is InChI=1S/C11H10ClN3O2S/c1-17-6-7-4-2-3-5-8(7)13-9(16)10-14-15-11(12)18-10/h2-5H,6H2,1H3,(H,13,16). The van der Waals surface area contributed by atoms with Gasteiger partial charge >= 0.3 is 0 Å². The molecule has 0 aliphatic carbocycles. The summed E-state index contributed by atoms with van der Waals surface area (Å²) in [4.78, 5) is 11.9. The van der Waals surface area contributed by atoms with Gasteiger partial charge < -0.3 is 10.1 Å². The molecular weight excluding hydrogens is 274 g/mol. The Kier molecular flexibility index (Phi) is 4.24. The van der Waals surface area contributed by atoms with E-state index < -0.39 is 0 Å². The molecule has 1 aromatic heterocycles. The van der Waals surface area contributed by atoms with Gasteiger partial charge in [0, 0.05) is 18.4 Å². The number of carbonyl (C=O) groups excluding carboxylic acids is 1. The Labute approximate surface area is 113 Å². The molecule has 1 amide bonds. The third-order valence-electron chi connectivity index (χ3n) is 2.16. The summed E-state index contributed by atoms with van der Waals surface area (Å²) in [6, 6.07) is 7.40. The van der Waals surface area contributed by atoms with Crippen molar-refractivity contribution in [1.29, 1.82) is 0 Å². The van der Waals surface area contributed by atoms with Crippen LogP contribution >= 0.6 is 22.9 Å². The van der Waals surface area contributed by atoms with Gasteiger partial charge in [0.25, 0.3) is 5.91 Å². The number of carbonyl (C=O) groups is 1. The van der Waals surface area contributed by atoms with Crippen LogP contribution in [0.1, 0.15) is 15.4 Å². The van der Waals surface area contributed by atoms with Crippen molar-refractivity contribution in [3.8, 4) is 0 Å². The Morgan fingerprint density at radius 3 is 2.89 bits per heavy atom. The summed E-state index contributed by atoms with van der Waals surface area (Å²) in [7, 11) is 1.60. The normalized spacial score (nSPS) is 10.3. The van der Waals surface area contributed by atoms with E-state index in [4.69, 9.17) is 16.3 Å². The number of rotatable bonds is 4. The number of para-hydroxylation sites is 1. The zero-order chi connectivity index (χ0) is 13.0. The third-order valence-corrected chi connectivity index (χ3v) is 3.18. The summed E-state index contributed by atoms with van der Waals surface area (Å²) in [5, 5.41) is 10.3. The van der Waals surface area contributed by atoms with Crippen LogP contribution in [0.2, 0.25) is 4.47 Å². The fourth-order valence-electron chi connectivity index (χ4n) is 1.40. The highest BCUT2D eigenvalue weighted by Gasteiger charge is 2.13. The lowest BCUT2D eigenvalue weighted by Gasteiger charge is -2.08. The Morgan fingerprint density at radius 1 is 1.44 bits per heavy atom. The molecule has 0 bridgehead atoms. The minimum Gasteiger partial charge on any atom is -0.380 e. The molecule has 18 heavy (non-hydrogen) atoms. The van der Waals surface area contributed by atoms with Crippen LogP contribution < -0.4 is 5.32 Å². The zero-order valence-electron chi connectivity index (χ0n) is 9.51. The maximum atomic E-state index is 11.9. The van der Waals surface area contributed by atoms with E-state index in [1.54, 1.807) is 13.2 Å². The minimum absolute atomic E-state index is 0.229. The summed E-state index contributed by atoms with van der Waals surface area (Å²) < 4.78 is 5.30. The second kappa shape index (κ2) is 5.90. The predicted octanol–water partition coefficient (Wildman–Crippen LogP) is 2.59. The molecule has 0 saturated carbocycles. The Hall–Kier alpha value is -1.50. The van der Waals surface area contributed by atoms with Gasteiger partial charge in [0.2, 0.25) is 9.47 Å². The topological polar surface area (TPSA) is 64.1 Å². The van der Waals surface area contributed by atoms with Gasteiger partial charge in [-0.05, 0) is 17.7 Å². The molecule has 0 fully saturated rings. The molecule has 0 radical (unpaired) electrons. The molecule has 0 spiro atoms. The number of nitrogens with one attached hydrogen (secondary N) is 1. The molecule has 7 heteroatoms. The van der Waals surface area contributed by atoms with Gasteiger partial charge in [-0.2, -0.15) is 0 Å². The first kappa shape index (κ1) is 12.9. The number of hydrogen-bond donors (Lipinski definition) is 1. The Morgan fingerprint density at radius 2 is 2.22 bits per heavy atom. The minimum atomic E-state index is -0.331.